The van der Waals surface area contributed by atoms with Crippen molar-refractivity contribution in [2.24, 2.45) is 5.73 Å². The van der Waals surface area contributed by atoms with Crippen molar-refractivity contribution in [1.29, 1.82) is 0 Å². The third kappa shape index (κ3) is 3.59. The van der Waals surface area contributed by atoms with Gasteiger partial charge in [0.25, 0.3) is 0 Å². The normalized spacial score (nSPS) is 12.8. The molecule has 0 fully saturated rings. The number of rotatable bonds is 5. The molecule has 0 aliphatic rings. The van der Waals surface area contributed by atoms with Gasteiger partial charge in [0.05, 0.1) is 0 Å². The highest BCUT2D eigenvalue weighted by atomic mass is 19.1. The monoisotopic (exact) mass is 213 g/mol. The molecule has 2 N–H and O–H groups in total. The van der Waals surface area contributed by atoms with E-state index in [0.717, 1.165) is 25.3 Å². The lowest BCUT2D eigenvalue weighted by molar-refractivity contribution is 0.539. The van der Waals surface area contributed by atoms with Gasteiger partial charge in [0, 0.05) is 6.07 Å². The average molecular weight is 213 g/mol. The van der Waals surface area contributed by atoms with Crippen molar-refractivity contribution in [3.8, 4) is 0 Å². The molecular formula is C12H17F2N. The van der Waals surface area contributed by atoms with Crippen molar-refractivity contribution in [3.63, 3.8) is 0 Å². The van der Waals surface area contributed by atoms with Gasteiger partial charge in [-0.1, -0.05) is 19.4 Å². The summed E-state index contributed by atoms with van der Waals surface area (Å²) in [5.41, 5.74) is 5.97. The van der Waals surface area contributed by atoms with Crippen LogP contribution >= 0.6 is 0 Å². The summed E-state index contributed by atoms with van der Waals surface area (Å²) in [7, 11) is 0. The van der Waals surface area contributed by atoms with Gasteiger partial charge in [-0.2, -0.15) is 0 Å². The zero-order chi connectivity index (χ0) is 11.3. The summed E-state index contributed by atoms with van der Waals surface area (Å²) in [4.78, 5) is 0. The van der Waals surface area contributed by atoms with Crippen LogP contribution in [0.5, 0.6) is 0 Å². The zero-order valence-corrected chi connectivity index (χ0v) is 8.97. The van der Waals surface area contributed by atoms with Crippen LogP contribution in [0, 0.1) is 11.6 Å². The fourth-order valence-corrected chi connectivity index (χ4v) is 1.65. The number of halogens is 2. The maximum absolute atomic E-state index is 13.3. The third-order valence-electron chi connectivity index (χ3n) is 2.58. The van der Waals surface area contributed by atoms with Gasteiger partial charge in [-0.25, -0.2) is 8.78 Å². The van der Waals surface area contributed by atoms with Gasteiger partial charge >= 0.3 is 0 Å². The summed E-state index contributed by atoms with van der Waals surface area (Å²) >= 11 is 0. The van der Waals surface area contributed by atoms with Crippen molar-refractivity contribution in [2.75, 3.05) is 6.54 Å². The number of benzene rings is 1. The van der Waals surface area contributed by atoms with E-state index >= 15 is 0 Å². The fourth-order valence-electron chi connectivity index (χ4n) is 1.65. The first-order valence-corrected chi connectivity index (χ1v) is 5.30. The van der Waals surface area contributed by atoms with Crippen molar-refractivity contribution in [3.05, 3.63) is 35.4 Å². The average Bonchev–Trinajstić information content (AvgIpc) is 2.17. The minimum absolute atomic E-state index is 0.122. The molecule has 0 heterocycles. The van der Waals surface area contributed by atoms with Crippen LogP contribution < -0.4 is 5.73 Å². The molecule has 0 saturated heterocycles. The predicted molar refractivity (Wildman–Crippen MR) is 57.7 cm³/mol. The lowest BCUT2D eigenvalue weighted by atomic mass is 9.95. The molecule has 0 saturated carbocycles. The quantitative estimate of drug-likeness (QED) is 0.747. The summed E-state index contributed by atoms with van der Waals surface area (Å²) in [6.45, 7) is 2.62. The first-order valence-electron chi connectivity index (χ1n) is 5.30. The first-order chi connectivity index (χ1) is 7.15. The molecule has 1 rings (SSSR count). The third-order valence-corrected chi connectivity index (χ3v) is 2.58. The minimum Gasteiger partial charge on any atom is -0.330 e. The standard InChI is InChI=1S/C12H17F2N/c1-9(4-2-3-7-15)11-6-5-10(13)8-12(11)14/h5-6,8-9H,2-4,7,15H2,1H3. The Morgan fingerprint density at radius 2 is 2.00 bits per heavy atom. The second kappa shape index (κ2) is 5.81. The molecule has 0 aliphatic carbocycles. The molecule has 0 spiro atoms. The highest BCUT2D eigenvalue weighted by molar-refractivity contribution is 5.21. The summed E-state index contributed by atoms with van der Waals surface area (Å²) in [5, 5.41) is 0. The van der Waals surface area contributed by atoms with Gasteiger partial charge in [-0.15, -0.1) is 0 Å². The number of unbranched alkanes of at least 4 members (excludes halogenated alkanes) is 1. The molecule has 3 heteroatoms. The molecule has 1 unspecified atom stereocenters. The Kier molecular flexibility index (Phi) is 4.69. The van der Waals surface area contributed by atoms with Gasteiger partial charge in [-0.05, 0) is 36.9 Å². The van der Waals surface area contributed by atoms with E-state index < -0.39 is 11.6 Å². The van der Waals surface area contributed by atoms with Crippen LogP contribution in [0.25, 0.3) is 0 Å². The van der Waals surface area contributed by atoms with E-state index in [9.17, 15) is 8.78 Å². The highest BCUT2D eigenvalue weighted by Gasteiger charge is 2.10. The largest absolute Gasteiger partial charge is 0.330 e. The van der Waals surface area contributed by atoms with Gasteiger partial charge in [0.15, 0.2) is 0 Å². The maximum Gasteiger partial charge on any atom is 0.129 e. The minimum atomic E-state index is -0.523. The molecule has 84 valence electrons. The van der Waals surface area contributed by atoms with E-state index in [4.69, 9.17) is 5.73 Å². The van der Waals surface area contributed by atoms with Crippen LogP contribution in [0.2, 0.25) is 0 Å². The molecule has 15 heavy (non-hydrogen) atoms. The molecule has 0 bridgehead atoms. The van der Waals surface area contributed by atoms with E-state index in [1.165, 1.54) is 12.1 Å². The summed E-state index contributed by atoms with van der Waals surface area (Å²) < 4.78 is 26.0. The SMILES string of the molecule is CC(CCCCN)c1ccc(F)cc1F. The van der Waals surface area contributed by atoms with E-state index in [0.29, 0.717) is 12.1 Å². The van der Waals surface area contributed by atoms with Gasteiger partial charge < -0.3 is 5.73 Å². The zero-order valence-electron chi connectivity index (χ0n) is 8.97. The number of hydrogen-bond donors (Lipinski definition) is 1. The van der Waals surface area contributed by atoms with E-state index in [1.807, 2.05) is 6.92 Å². The molecule has 0 aliphatic heterocycles. The van der Waals surface area contributed by atoms with Gasteiger partial charge in [0.2, 0.25) is 0 Å². The Morgan fingerprint density at radius 3 is 2.60 bits per heavy atom. The van der Waals surface area contributed by atoms with Crippen molar-refractivity contribution < 1.29 is 8.78 Å². The second-order valence-corrected chi connectivity index (χ2v) is 3.85. The molecule has 1 aromatic carbocycles. The number of nitrogens with two attached hydrogens (primary N) is 1. The van der Waals surface area contributed by atoms with Crippen molar-refractivity contribution in [2.45, 2.75) is 32.1 Å². The molecule has 1 atom stereocenters. The Bertz CT molecular complexity index is 312. The molecule has 0 amide bonds. The van der Waals surface area contributed by atoms with Crippen molar-refractivity contribution >= 4 is 0 Å². The lowest BCUT2D eigenvalue weighted by Gasteiger charge is -2.12. The number of hydrogen-bond acceptors (Lipinski definition) is 1. The van der Waals surface area contributed by atoms with Gasteiger partial charge in [0.1, 0.15) is 11.6 Å². The first kappa shape index (κ1) is 12.1. The van der Waals surface area contributed by atoms with Crippen LogP contribution in [0.3, 0.4) is 0 Å². The molecule has 0 aromatic heterocycles. The highest BCUT2D eigenvalue weighted by Crippen LogP contribution is 2.24. The molecular weight excluding hydrogens is 196 g/mol. The van der Waals surface area contributed by atoms with E-state index in [-0.39, 0.29) is 5.92 Å². The smallest absolute Gasteiger partial charge is 0.129 e. The predicted octanol–water partition coefficient (Wildman–Crippen LogP) is 3.20. The summed E-state index contributed by atoms with van der Waals surface area (Å²) in [6.07, 6.45) is 2.82. The maximum atomic E-state index is 13.3. The van der Waals surface area contributed by atoms with Crippen LogP contribution in [0.4, 0.5) is 8.78 Å². The molecule has 1 aromatic rings. The van der Waals surface area contributed by atoms with Gasteiger partial charge in [-0.3, -0.25) is 0 Å². The van der Waals surface area contributed by atoms with E-state index in [1.54, 1.807) is 0 Å². The fraction of sp³-hybridized carbons (Fsp3) is 0.500. The Hall–Kier alpha value is -0.960. The van der Waals surface area contributed by atoms with Crippen LogP contribution in [0.15, 0.2) is 18.2 Å². The second-order valence-electron chi connectivity index (χ2n) is 3.85. The lowest BCUT2D eigenvalue weighted by Crippen LogP contribution is -2.02. The van der Waals surface area contributed by atoms with Crippen LogP contribution in [-0.4, -0.2) is 6.54 Å². The van der Waals surface area contributed by atoms with Crippen molar-refractivity contribution in [1.82, 2.24) is 0 Å². The summed E-state index contributed by atoms with van der Waals surface area (Å²) in [5.74, 6) is -0.849. The van der Waals surface area contributed by atoms with E-state index in [2.05, 4.69) is 0 Å². The summed E-state index contributed by atoms with van der Waals surface area (Å²) in [6, 6.07) is 3.77. The van der Waals surface area contributed by atoms with Crippen LogP contribution in [-0.2, 0) is 0 Å². The molecule has 0 radical (unpaired) electrons. The topological polar surface area (TPSA) is 26.0 Å². The Labute approximate surface area is 89.3 Å². The molecule has 1 nitrogen and oxygen atoms in total. The Balaban J connectivity index is 2.61. The van der Waals surface area contributed by atoms with Crippen LogP contribution in [0.1, 0.15) is 37.7 Å². The Morgan fingerprint density at radius 1 is 1.27 bits per heavy atom.